The van der Waals surface area contributed by atoms with Crippen molar-refractivity contribution >= 4 is 44.9 Å². The van der Waals surface area contributed by atoms with E-state index in [2.05, 4.69) is 10.6 Å². The average molecular weight is 353 g/mol. The molecule has 9 heteroatoms. The number of rotatable bonds is 6. The van der Waals surface area contributed by atoms with E-state index in [9.17, 15) is 18.0 Å². The summed E-state index contributed by atoms with van der Waals surface area (Å²) < 4.78 is 21.8. The molecule has 0 saturated carbocycles. The second-order valence-electron chi connectivity index (χ2n) is 4.29. The molecule has 0 bridgehead atoms. The van der Waals surface area contributed by atoms with Crippen molar-refractivity contribution in [2.75, 3.05) is 25.1 Å². The number of benzene rings is 1. The largest absolute Gasteiger partial charge is 0.354 e. The lowest BCUT2D eigenvalue weighted by atomic mass is 10.2. The molecule has 0 fully saturated rings. The van der Waals surface area contributed by atoms with Crippen LogP contribution in [0.4, 0.5) is 0 Å². The molecule has 2 N–H and O–H groups in total. The van der Waals surface area contributed by atoms with Crippen LogP contribution >= 0.6 is 23.2 Å². The first-order valence-corrected chi connectivity index (χ1v) is 8.68. The number of amides is 2. The summed E-state index contributed by atoms with van der Waals surface area (Å²) in [4.78, 5) is 23.2. The van der Waals surface area contributed by atoms with Gasteiger partial charge in [-0.25, -0.2) is 8.42 Å². The summed E-state index contributed by atoms with van der Waals surface area (Å²) in [5.74, 6) is -1.11. The zero-order valence-corrected chi connectivity index (χ0v) is 13.5. The van der Waals surface area contributed by atoms with E-state index < -0.39 is 21.7 Å². The third-order valence-electron chi connectivity index (χ3n) is 2.39. The van der Waals surface area contributed by atoms with E-state index in [-0.39, 0.29) is 29.4 Å². The Bertz CT molecular complexity index is 647. The van der Waals surface area contributed by atoms with Gasteiger partial charge in [0.25, 0.3) is 5.91 Å². The summed E-state index contributed by atoms with van der Waals surface area (Å²) in [6.45, 7) is -0.261. The Labute approximate surface area is 132 Å². The van der Waals surface area contributed by atoms with E-state index in [1.54, 1.807) is 0 Å². The predicted molar refractivity (Wildman–Crippen MR) is 81.5 cm³/mol. The second-order valence-corrected chi connectivity index (χ2v) is 7.37. The minimum Gasteiger partial charge on any atom is -0.354 e. The summed E-state index contributed by atoms with van der Waals surface area (Å²) in [5.41, 5.74) is 0.272. The van der Waals surface area contributed by atoms with Crippen molar-refractivity contribution in [1.82, 2.24) is 10.6 Å². The third kappa shape index (κ3) is 6.79. The maximum absolute atomic E-state index is 11.8. The van der Waals surface area contributed by atoms with Crippen molar-refractivity contribution in [3.63, 3.8) is 0 Å². The molecule has 21 heavy (non-hydrogen) atoms. The van der Waals surface area contributed by atoms with Crippen molar-refractivity contribution in [2.24, 2.45) is 0 Å². The van der Waals surface area contributed by atoms with Crippen molar-refractivity contribution in [2.45, 2.75) is 0 Å². The van der Waals surface area contributed by atoms with Gasteiger partial charge in [0.15, 0.2) is 0 Å². The smallest absolute Gasteiger partial charge is 0.251 e. The average Bonchev–Trinajstić information content (AvgIpc) is 2.37. The van der Waals surface area contributed by atoms with Gasteiger partial charge in [-0.1, -0.05) is 23.2 Å². The van der Waals surface area contributed by atoms with E-state index in [1.807, 2.05) is 0 Å². The van der Waals surface area contributed by atoms with Gasteiger partial charge in [0, 0.05) is 18.4 Å². The Balaban J connectivity index is 2.42. The van der Waals surface area contributed by atoms with Crippen LogP contribution in [0.5, 0.6) is 0 Å². The molecule has 1 aromatic rings. The number of sulfone groups is 1. The maximum Gasteiger partial charge on any atom is 0.251 e. The standard InChI is InChI=1S/C12H14Cl2N2O4S/c1-21(19,20)5-4-15-11(17)7-16-12(18)8-2-3-9(13)10(14)6-8/h2-3,6H,4-5,7H2,1H3,(H,15,17)(H,16,18). The predicted octanol–water partition coefficient (Wildman–Crippen LogP) is 0.884. The number of nitrogens with one attached hydrogen (secondary N) is 2. The van der Waals surface area contributed by atoms with Gasteiger partial charge in [-0.2, -0.15) is 0 Å². The van der Waals surface area contributed by atoms with Crippen LogP contribution in [-0.2, 0) is 14.6 Å². The molecule has 6 nitrogen and oxygen atoms in total. The number of halogens is 2. The molecule has 0 radical (unpaired) electrons. The first kappa shape index (κ1) is 17.7. The molecule has 0 aliphatic heterocycles. The van der Waals surface area contributed by atoms with E-state index in [0.29, 0.717) is 5.02 Å². The van der Waals surface area contributed by atoms with Crippen molar-refractivity contribution in [1.29, 1.82) is 0 Å². The minimum atomic E-state index is -3.13. The van der Waals surface area contributed by atoms with E-state index in [1.165, 1.54) is 18.2 Å². The fraction of sp³-hybridized carbons (Fsp3) is 0.333. The van der Waals surface area contributed by atoms with Gasteiger partial charge in [-0.3, -0.25) is 9.59 Å². The van der Waals surface area contributed by atoms with Crippen LogP contribution in [-0.4, -0.2) is 45.3 Å². The van der Waals surface area contributed by atoms with Crippen molar-refractivity contribution < 1.29 is 18.0 Å². The molecule has 1 rings (SSSR count). The molecule has 0 atom stereocenters. The number of carbonyl (C=O) groups excluding carboxylic acids is 2. The summed E-state index contributed by atoms with van der Waals surface area (Å²) in [7, 11) is -3.13. The third-order valence-corrected chi connectivity index (χ3v) is 4.07. The van der Waals surface area contributed by atoms with Gasteiger partial charge < -0.3 is 10.6 Å². The van der Waals surface area contributed by atoms with Gasteiger partial charge in [-0.15, -0.1) is 0 Å². The van der Waals surface area contributed by atoms with Crippen LogP contribution in [0.2, 0.25) is 10.0 Å². The summed E-state index contributed by atoms with van der Waals surface area (Å²) in [6, 6.07) is 4.34. The normalized spacial score (nSPS) is 11.0. The highest BCUT2D eigenvalue weighted by atomic mass is 35.5. The monoisotopic (exact) mass is 352 g/mol. The van der Waals surface area contributed by atoms with Crippen LogP contribution < -0.4 is 10.6 Å². The first-order chi connectivity index (χ1) is 9.69. The molecule has 2 amide bonds. The highest BCUT2D eigenvalue weighted by molar-refractivity contribution is 7.90. The Morgan fingerprint density at radius 3 is 2.38 bits per heavy atom. The van der Waals surface area contributed by atoms with Crippen LogP contribution in [0.15, 0.2) is 18.2 Å². The SMILES string of the molecule is CS(=O)(=O)CCNC(=O)CNC(=O)c1ccc(Cl)c(Cl)c1. The van der Waals surface area contributed by atoms with Crippen molar-refractivity contribution in [3.8, 4) is 0 Å². The molecule has 0 aromatic heterocycles. The molecule has 0 aliphatic carbocycles. The Hall–Kier alpha value is -1.31. The van der Waals surface area contributed by atoms with Gasteiger partial charge >= 0.3 is 0 Å². The molecule has 1 aromatic carbocycles. The highest BCUT2D eigenvalue weighted by Gasteiger charge is 2.10. The molecular formula is C12H14Cl2N2O4S. The van der Waals surface area contributed by atoms with Gasteiger partial charge in [0.1, 0.15) is 9.84 Å². The van der Waals surface area contributed by atoms with Crippen LogP contribution in [0.25, 0.3) is 0 Å². The lowest BCUT2D eigenvalue weighted by molar-refractivity contribution is -0.120. The molecule has 0 heterocycles. The van der Waals surface area contributed by atoms with E-state index in [4.69, 9.17) is 23.2 Å². The summed E-state index contributed by atoms with van der Waals surface area (Å²) in [6.07, 6.45) is 1.07. The Morgan fingerprint density at radius 1 is 1.14 bits per heavy atom. The van der Waals surface area contributed by atoms with E-state index in [0.717, 1.165) is 6.26 Å². The lowest BCUT2D eigenvalue weighted by Gasteiger charge is -2.07. The first-order valence-electron chi connectivity index (χ1n) is 5.87. The zero-order chi connectivity index (χ0) is 16.0. The molecule has 0 saturated heterocycles. The minimum absolute atomic E-state index is 0.000308. The quantitative estimate of drug-likeness (QED) is 0.794. The topological polar surface area (TPSA) is 92.3 Å². The van der Waals surface area contributed by atoms with Gasteiger partial charge in [0.2, 0.25) is 5.91 Å². The molecule has 0 unspecified atom stereocenters. The van der Waals surface area contributed by atoms with Gasteiger partial charge in [0.05, 0.1) is 22.3 Å². The van der Waals surface area contributed by atoms with Crippen LogP contribution in [0.3, 0.4) is 0 Å². The van der Waals surface area contributed by atoms with Crippen LogP contribution in [0.1, 0.15) is 10.4 Å². The Kier molecular flexibility index (Phi) is 6.44. The number of hydrogen-bond acceptors (Lipinski definition) is 4. The fourth-order valence-corrected chi connectivity index (χ4v) is 2.11. The number of carbonyl (C=O) groups is 2. The highest BCUT2D eigenvalue weighted by Crippen LogP contribution is 2.22. The van der Waals surface area contributed by atoms with Crippen molar-refractivity contribution in [3.05, 3.63) is 33.8 Å². The van der Waals surface area contributed by atoms with Crippen LogP contribution in [0, 0.1) is 0 Å². The van der Waals surface area contributed by atoms with Gasteiger partial charge in [-0.05, 0) is 18.2 Å². The second kappa shape index (κ2) is 7.63. The Morgan fingerprint density at radius 2 is 1.81 bits per heavy atom. The molecule has 116 valence electrons. The lowest BCUT2D eigenvalue weighted by Crippen LogP contribution is -2.38. The molecule has 0 aliphatic rings. The fourth-order valence-electron chi connectivity index (χ4n) is 1.34. The van der Waals surface area contributed by atoms with E-state index >= 15 is 0 Å². The summed E-state index contributed by atoms with van der Waals surface area (Å²) >= 11 is 11.5. The molecule has 0 spiro atoms. The maximum atomic E-state index is 11.8. The summed E-state index contributed by atoms with van der Waals surface area (Å²) in [5, 5.41) is 5.34. The molecular weight excluding hydrogens is 339 g/mol. The number of hydrogen-bond donors (Lipinski definition) is 2. The zero-order valence-electron chi connectivity index (χ0n) is 11.2.